The molecule has 2 aromatic carbocycles. The molecule has 0 aliphatic heterocycles. The largest absolute Gasteiger partial charge is 0.490 e. The molecule has 0 aliphatic carbocycles. The van der Waals surface area contributed by atoms with Crippen LogP contribution >= 0.6 is 0 Å². The van der Waals surface area contributed by atoms with Gasteiger partial charge in [-0.25, -0.2) is 5.43 Å². The van der Waals surface area contributed by atoms with Gasteiger partial charge in [-0.1, -0.05) is 24.3 Å². The number of rotatable bonds is 8. The third kappa shape index (κ3) is 5.16. The summed E-state index contributed by atoms with van der Waals surface area (Å²) in [5.74, 6) is 1.45. The normalized spacial score (nSPS) is 10.8. The molecular formula is C20H21N5O3. The third-order valence-corrected chi connectivity index (χ3v) is 3.87. The molecule has 0 saturated heterocycles. The van der Waals surface area contributed by atoms with E-state index in [4.69, 9.17) is 9.47 Å². The Hall–Kier alpha value is -3.68. The maximum Gasteiger partial charge on any atom is 0.271 e. The fraction of sp³-hybridized carbons (Fsp3) is 0.200. The van der Waals surface area contributed by atoms with Crippen molar-refractivity contribution < 1.29 is 9.47 Å². The van der Waals surface area contributed by atoms with Crippen LogP contribution in [0.3, 0.4) is 0 Å². The number of hydrogen-bond donors (Lipinski definition) is 2. The molecular weight excluding hydrogens is 358 g/mol. The smallest absolute Gasteiger partial charge is 0.271 e. The van der Waals surface area contributed by atoms with E-state index in [1.54, 1.807) is 6.21 Å². The van der Waals surface area contributed by atoms with Crippen molar-refractivity contribution in [3.05, 3.63) is 75.7 Å². The summed E-state index contributed by atoms with van der Waals surface area (Å²) in [6, 6.07) is 13.6. The maximum atomic E-state index is 11.2. The Morgan fingerprint density at radius 2 is 2.04 bits per heavy atom. The first-order valence-electron chi connectivity index (χ1n) is 8.81. The molecule has 144 valence electrons. The van der Waals surface area contributed by atoms with Gasteiger partial charge in [-0.15, -0.1) is 10.2 Å². The average molecular weight is 379 g/mol. The number of nitrogens with one attached hydrogen (secondary N) is 2. The van der Waals surface area contributed by atoms with Gasteiger partial charge in [-0.05, 0) is 48.7 Å². The lowest BCUT2D eigenvalue weighted by Gasteiger charge is -2.13. The van der Waals surface area contributed by atoms with Crippen LogP contribution in [0.25, 0.3) is 0 Å². The van der Waals surface area contributed by atoms with Gasteiger partial charge < -0.3 is 9.47 Å². The minimum atomic E-state index is -0.360. The third-order valence-electron chi connectivity index (χ3n) is 3.87. The van der Waals surface area contributed by atoms with E-state index < -0.39 is 0 Å². The van der Waals surface area contributed by atoms with Gasteiger partial charge in [-0.2, -0.15) is 5.10 Å². The number of anilines is 1. The van der Waals surface area contributed by atoms with E-state index in [1.165, 1.54) is 5.56 Å². The lowest BCUT2D eigenvalue weighted by Crippen LogP contribution is -2.10. The fourth-order valence-corrected chi connectivity index (χ4v) is 2.45. The first-order valence-corrected chi connectivity index (χ1v) is 8.81. The van der Waals surface area contributed by atoms with E-state index >= 15 is 0 Å². The van der Waals surface area contributed by atoms with Gasteiger partial charge in [0, 0.05) is 0 Å². The Kier molecular flexibility index (Phi) is 6.35. The standard InChI is InChI=1S/C20H21N5O3/c1-3-27-18-10-15(11-21-24-20-23-19(26)12-22-25-20)8-9-17(18)28-13-16-7-5-4-6-14(16)2/h4-12H,3,13H2,1-2H3,(H2,23,24,25,26)/b21-11-. The van der Waals surface area contributed by atoms with Crippen molar-refractivity contribution in [2.45, 2.75) is 20.5 Å². The number of aryl methyl sites for hydroxylation is 1. The quantitative estimate of drug-likeness (QED) is 0.461. The van der Waals surface area contributed by atoms with Crippen molar-refractivity contribution >= 4 is 12.2 Å². The summed E-state index contributed by atoms with van der Waals surface area (Å²) in [6.07, 6.45) is 2.67. The van der Waals surface area contributed by atoms with Crippen LogP contribution in [0, 0.1) is 6.92 Å². The van der Waals surface area contributed by atoms with Crippen LogP contribution in [-0.2, 0) is 6.61 Å². The van der Waals surface area contributed by atoms with Gasteiger partial charge in [0.05, 0.1) is 12.8 Å². The van der Waals surface area contributed by atoms with E-state index in [-0.39, 0.29) is 11.5 Å². The van der Waals surface area contributed by atoms with Crippen molar-refractivity contribution in [1.29, 1.82) is 0 Å². The summed E-state index contributed by atoms with van der Waals surface area (Å²) in [5.41, 5.74) is 5.36. The number of benzene rings is 2. The Balaban J connectivity index is 1.70. The van der Waals surface area contributed by atoms with E-state index in [9.17, 15) is 4.79 Å². The summed E-state index contributed by atoms with van der Waals surface area (Å²) < 4.78 is 11.7. The molecule has 28 heavy (non-hydrogen) atoms. The van der Waals surface area contributed by atoms with Crippen LogP contribution in [0.15, 0.2) is 58.6 Å². The molecule has 0 aliphatic rings. The Morgan fingerprint density at radius 1 is 1.18 bits per heavy atom. The Labute approximate surface area is 162 Å². The van der Waals surface area contributed by atoms with Crippen LogP contribution in [0.5, 0.6) is 11.5 Å². The molecule has 3 aromatic rings. The number of hydrogen-bond acceptors (Lipinski definition) is 7. The molecule has 2 N–H and O–H groups in total. The molecule has 3 rings (SSSR count). The van der Waals surface area contributed by atoms with Gasteiger partial charge in [0.25, 0.3) is 5.56 Å². The second kappa shape index (κ2) is 9.31. The fourth-order valence-electron chi connectivity index (χ4n) is 2.45. The lowest BCUT2D eigenvalue weighted by molar-refractivity contribution is 0.269. The topological polar surface area (TPSA) is 101 Å². The van der Waals surface area contributed by atoms with Crippen molar-refractivity contribution in [3.63, 3.8) is 0 Å². The first-order chi connectivity index (χ1) is 13.7. The van der Waals surface area contributed by atoms with Crippen LogP contribution in [0.2, 0.25) is 0 Å². The van der Waals surface area contributed by atoms with Gasteiger partial charge in [-0.3, -0.25) is 9.78 Å². The molecule has 0 unspecified atom stereocenters. The van der Waals surface area contributed by atoms with Gasteiger partial charge >= 0.3 is 0 Å². The molecule has 0 amide bonds. The summed E-state index contributed by atoms with van der Waals surface area (Å²) in [7, 11) is 0. The number of aromatic amines is 1. The predicted molar refractivity (Wildman–Crippen MR) is 107 cm³/mol. The first kappa shape index (κ1) is 19.1. The zero-order valence-corrected chi connectivity index (χ0v) is 15.7. The molecule has 8 heteroatoms. The highest BCUT2D eigenvalue weighted by molar-refractivity contribution is 5.81. The Morgan fingerprint density at radius 3 is 2.82 bits per heavy atom. The highest BCUT2D eigenvalue weighted by Crippen LogP contribution is 2.29. The zero-order valence-electron chi connectivity index (χ0n) is 15.7. The molecule has 0 fully saturated rings. The monoisotopic (exact) mass is 379 g/mol. The minimum Gasteiger partial charge on any atom is -0.490 e. The zero-order chi connectivity index (χ0) is 19.8. The molecule has 1 aromatic heterocycles. The van der Waals surface area contributed by atoms with Crippen molar-refractivity contribution in [2.24, 2.45) is 5.10 Å². The SMILES string of the molecule is CCOc1cc(/C=N\Nc2nncc(=O)[nH]2)ccc1OCc1ccccc1C. The van der Waals surface area contributed by atoms with E-state index in [0.29, 0.717) is 24.7 Å². The summed E-state index contributed by atoms with van der Waals surface area (Å²) in [4.78, 5) is 13.7. The van der Waals surface area contributed by atoms with E-state index in [0.717, 1.165) is 17.3 Å². The molecule has 0 bridgehead atoms. The van der Waals surface area contributed by atoms with Crippen molar-refractivity contribution in [1.82, 2.24) is 15.2 Å². The van der Waals surface area contributed by atoms with Gasteiger partial charge in [0.1, 0.15) is 12.8 Å². The predicted octanol–water partition coefficient (Wildman–Crippen LogP) is 2.90. The lowest BCUT2D eigenvalue weighted by atomic mass is 10.1. The van der Waals surface area contributed by atoms with Crippen LogP contribution in [-0.4, -0.2) is 28.0 Å². The Bertz CT molecular complexity index is 1020. The van der Waals surface area contributed by atoms with Crippen LogP contribution in [0.1, 0.15) is 23.6 Å². The molecule has 0 saturated carbocycles. The number of ether oxygens (including phenoxy) is 2. The second-order valence-corrected chi connectivity index (χ2v) is 5.91. The molecule has 0 radical (unpaired) electrons. The highest BCUT2D eigenvalue weighted by Gasteiger charge is 2.07. The molecule has 8 nitrogen and oxygen atoms in total. The van der Waals surface area contributed by atoms with E-state index in [1.807, 2.05) is 43.3 Å². The molecule has 0 spiro atoms. The van der Waals surface area contributed by atoms with Gasteiger partial charge in [0.2, 0.25) is 5.95 Å². The summed E-state index contributed by atoms with van der Waals surface area (Å²) >= 11 is 0. The minimum absolute atomic E-state index is 0.159. The highest BCUT2D eigenvalue weighted by atomic mass is 16.5. The molecule has 1 heterocycles. The number of hydrazone groups is 1. The average Bonchev–Trinajstić information content (AvgIpc) is 2.69. The van der Waals surface area contributed by atoms with Crippen LogP contribution in [0.4, 0.5) is 5.95 Å². The summed E-state index contributed by atoms with van der Waals surface area (Å²) in [6.45, 7) is 4.94. The van der Waals surface area contributed by atoms with Crippen molar-refractivity contribution in [3.8, 4) is 11.5 Å². The number of aromatic nitrogens is 3. The number of nitrogens with zero attached hydrogens (tertiary/aromatic N) is 3. The maximum absolute atomic E-state index is 11.2. The molecule has 0 atom stereocenters. The van der Waals surface area contributed by atoms with Crippen LogP contribution < -0.4 is 20.5 Å². The number of H-pyrrole nitrogens is 1. The van der Waals surface area contributed by atoms with Crippen molar-refractivity contribution in [2.75, 3.05) is 12.0 Å². The van der Waals surface area contributed by atoms with Gasteiger partial charge in [0.15, 0.2) is 11.5 Å². The second-order valence-electron chi connectivity index (χ2n) is 5.91. The van der Waals surface area contributed by atoms with E-state index in [2.05, 4.69) is 38.7 Å². The summed E-state index contributed by atoms with van der Waals surface area (Å²) in [5, 5.41) is 11.3.